The zero-order chi connectivity index (χ0) is 14.8. The summed E-state index contributed by atoms with van der Waals surface area (Å²) in [6.45, 7) is 4.00. The van der Waals surface area contributed by atoms with Gasteiger partial charge >= 0.3 is 0 Å². The number of carbonyl (C=O) groups excluding carboxylic acids is 1. The molecule has 1 amide bonds. The molecule has 1 aromatic carbocycles. The van der Waals surface area contributed by atoms with Crippen molar-refractivity contribution in [3.63, 3.8) is 0 Å². The second-order valence-electron chi connectivity index (χ2n) is 5.04. The molecule has 0 radical (unpaired) electrons. The van der Waals surface area contributed by atoms with E-state index < -0.39 is 5.54 Å². The van der Waals surface area contributed by atoms with Crippen LogP contribution in [0.4, 0.5) is 0 Å². The van der Waals surface area contributed by atoms with Gasteiger partial charge in [-0.2, -0.15) is 0 Å². The Morgan fingerprint density at radius 1 is 1.45 bits per heavy atom. The molecule has 20 heavy (non-hydrogen) atoms. The molecule has 108 valence electrons. The van der Waals surface area contributed by atoms with E-state index >= 15 is 0 Å². The highest BCUT2D eigenvalue weighted by Gasteiger charge is 2.36. The monoisotopic (exact) mass is 308 g/mol. The van der Waals surface area contributed by atoms with Crippen molar-refractivity contribution in [3.05, 3.63) is 29.8 Å². The minimum Gasteiger partial charge on any atom is -0.391 e. The quantitative estimate of drug-likeness (QED) is 0.821. The first-order valence-corrected chi connectivity index (χ1v) is 8.27. The normalized spacial score (nSPS) is 17.6. The smallest absolute Gasteiger partial charge is 0.229 e. The maximum atomic E-state index is 12.6. The number of hydrogen-bond donors (Lipinski definition) is 2. The summed E-state index contributed by atoms with van der Waals surface area (Å²) in [4.78, 5) is 14.2. The topological polar surface area (TPSA) is 55.1 Å². The van der Waals surface area contributed by atoms with Crippen LogP contribution < -0.4 is 11.1 Å². The fourth-order valence-corrected chi connectivity index (χ4v) is 4.11. The molecule has 2 rings (SSSR count). The molecule has 0 fully saturated rings. The molecule has 1 atom stereocenters. The summed E-state index contributed by atoms with van der Waals surface area (Å²) >= 11 is 6.89. The van der Waals surface area contributed by atoms with E-state index in [1.165, 1.54) is 4.90 Å². The van der Waals surface area contributed by atoms with Crippen LogP contribution in [0.2, 0.25) is 0 Å². The minimum absolute atomic E-state index is 0.0268. The van der Waals surface area contributed by atoms with Gasteiger partial charge < -0.3 is 11.1 Å². The molecule has 3 N–H and O–H groups in total. The van der Waals surface area contributed by atoms with Gasteiger partial charge in [-0.3, -0.25) is 4.79 Å². The highest BCUT2D eigenvalue weighted by molar-refractivity contribution is 7.99. The summed E-state index contributed by atoms with van der Waals surface area (Å²) < 4.78 is 0. The summed E-state index contributed by atoms with van der Waals surface area (Å²) in [6.07, 6.45) is 1.43. The molecule has 0 aliphatic carbocycles. The van der Waals surface area contributed by atoms with Crippen molar-refractivity contribution in [3.8, 4) is 0 Å². The molecule has 1 heterocycles. The van der Waals surface area contributed by atoms with Gasteiger partial charge in [0.05, 0.1) is 16.4 Å². The molecular weight excluding hydrogens is 288 g/mol. The summed E-state index contributed by atoms with van der Waals surface area (Å²) in [6, 6.07) is 8.07. The third-order valence-corrected chi connectivity index (χ3v) is 5.63. The van der Waals surface area contributed by atoms with Crippen LogP contribution in [0.1, 0.15) is 38.2 Å². The van der Waals surface area contributed by atoms with Gasteiger partial charge in [0.15, 0.2) is 0 Å². The number of carbonyl (C=O) groups is 1. The first-order chi connectivity index (χ1) is 9.54. The largest absolute Gasteiger partial charge is 0.391 e. The van der Waals surface area contributed by atoms with Gasteiger partial charge in [-0.05, 0) is 24.5 Å². The van der Waals surface area contributed by atoms with Gasteiger partial charge in [-0.1, -0.05) is 44.3 Å². The van der Waals surface area contributed by atoms with Crippen molar-refractivity contribution in [1.29, 1.82) is 0 Å². The highest BCUT2D eigenvalue weighted by atomic mass is 32.2. The van der Waals surface area contributed by atoms with Crippen LogP contribution in [-0.4, -0.2) is 22.2 Å². The van der Waals surface area contributed by atoms with Gasteiger partial charge in [0.25, 0.3) is 0 Å². The molecule has 0 bridgehead atoms. The van der Waals surface area contributed by atoms with Gasteiger partial charge in [-0.15, -0.1) is 11.8 Å². The molecule has 1 aromatic rings. The van der Waals surface area contributed by atoms with E-state index in [1.807, 2.05) is 32.0 Å². The zero-order valence-corrected chi connectivity index (χ0v) is 13.4. The Kier molecular flexibility index (Phi) is 4.70. The molecule has 1 aliphatic heterocycles. The summed E-state index contributed by atoms with van der Waals surface area (Å²) in [5.74, 6) is 0.702. The fourth-order valence-electron chi connectivity index (χ4n) is 2.54. The lowest BCUT2D eigenvalue weighted by Crippen LogP contribution is -2.57. The molecular formula is C15H20N2OS2. The molecule has 0 saturated heterocycles. The van der Waals surface area contributed by atoms with Crippen LogP contribution in [0.3, 0.4) is 0 Å². The lowest BCUT2D eigenvalue weighted by Gasteiger charge is -2.32. The molecule has 3 nitrogen and oxygen atoms in total. The SMILES string of the molecule is CCC(CC)(NC(=O)C1CSc2ccccc21)C(N)=S. The van der Waals surface area contributed by atoms with E-state index in [1.54, 1.807) is 11.8 Å². The Morgan fingerprint density at radius 2 is 2.10 bits per heavy atom. The van der Waals surface area contributed by atoms with Crippen LogP contribution in [0.15, 0.2) is 29.2 Å². The first kappa shape index (κ1) is 15.3. The minimum atomic E-state index is -0.561. The van der Waals surface area contributed by atoms with E-state index in [-0.39, 0.29) is 11.8 Å². The number of hydrogen-bond acceptors (Lipinski definition) is 3. The van der Waals surface area contributed by atoms with Gasteiger partial charge in [0.2, 0.25) is 5.91 Å². The number of fused-ring (bicyclic) bond motifs is 1. The average molecular weight is 308 g/mol. The number of thiocarbonyl (C=S) groups is 1. The molecule has 0 saturated carbocycles. The van der Waals surface area contributed by atoms with Crippen LogP contribution >= 0.6 is 24.0 Å². The van der Waals surface area contributed by atoms with Crippen LogP contribution in [0, 0.1) is 0 Å². The Labute approximate surface area is 129 Å². The molecule has 1 unspecified atom stereocenters. The van der Waals surface area contributed by atoms with Crippen molar-refractivity contribution in [2.24, 2.45) is 5.73 Å². The van der Waals surface area contributed by atoms with Crippen LogP contribution in [0.25, 0.3) is 0 Å². The summed E-state index contributed by atoms with van der Waals surface area (Å²) in [5, 5.41) is 3.09. The van der Waals surface area contributed by atoms with E-state index in [9.17, 15) is 4.79 Å². The molecule has 0 spiro atoms. The van der Waals surface area contributed by atoms with Gasteiger partial charge in [0.1, 0.15) is 0 Å². The van der Waals surface area contributed by atoms with Gasteiger partial charge in [0, 0.05) is 10.6 Å². The zero-order valence-electron chi connectivity index (χ0n) is 11.8. The summed E-state index contributed by atoms with van der Waals surface area (Å²) in [7, 11) is 0. The average Bonchev–Trinajstić information content (AvgIpc) is 2.88. The van der Waals surface area contributed by atoms with Crippen molar-refractivity contribution in [1.82, 2.24) is 5.32 Å². The van der Waals surface area contributed by atoms with Gasteiger partial charge in [-0.25, -0.2) is 0 Å². The maximum absolute atomic E-state index is 12.6. The Balaban J connectivity index is 2.19. The third kappa shape index (κ3) is 2.69. The van der Waals surface area contributed by atoms with E-state index in [0.717, 1.165) is 11.3 Å². The van der Waals surface area contributed by atoms with E-state index in [4.69, 9.17) is 18.0 Å². The first-order valence-electron chi connectivity index (χ1n) is 6.87. The van der Waals surface area contributed by atoms with Crippen LogP contribution in [0.5, 0.6) is 0 Å². The predicted octanol–water partition coefficient (Wildman–Crippen LogP) is 2.84. The predicted molar refractivity (Wildman–Crippen MR) is 88.1 cm³/mol. The maximum Gasteiger partial charge on any atom is 0.229 e. The Bertz CT molecular complexity index is 526. The number of nitrogens with two attached hydrogens (primary N) is 1. The Morgan fingerprint density at radius 3 is 2.70 bits per heavy atom. The third-order valence-electron chi connectivity index (χ3n) is 4.06. The molecule has 1 aliphatic rings. The van der Waals surface area contributed by atoms with Crippen LogP contribution in [-0.2, 0) is 4.79 Å². The molecule has 5 heteroatoms. The van der Waals surface area contributed by atoms with E-state index in [2.05, 4.69) is 11.4 Å². The number of thioether (sulfide) groups is 1. The number of rotatable bonds is 5. The van der Waals surface area contributed by atoms with E-state index in [0.29, 0.717) is 17.8 Å². The van der Waals surface area contributed by atoms with Crippen molar-refractivity contribution >= 4 is 34.9 Å². The standard InChI is InChI=1S/C15H20N2OS2/c1-3-15(4-2,14(16)19)17-13(18)11-9-20-12-8-6-5-7-10(11)12/h5-8,11H,3-4,9H2,1-2H3,(H2,16,19)(H,17,18). The lowest BCUT2D eigenvalue weighted by molar-refractivity contribution is -0.123. The second-order valence-corrected chi connectivity index (χ2v) is 6.55. The molecule has 0 aromatic heterocycles. The number of benzene rings is 1. The lowest BCUT2D eigenvalue weighted by atomic mass is 9.91. The summed E-state index contributed by atoms with van der Waals surface area (Å²) in [5.41, 5.74) is 6.40. The van der Waals surface area contributed by atoms with Crippen molar-refractivity contribution in [2.45, 2.75) is 43.0 Å². The number of amides is 1. The fraction of sp³-hybridized carbons (Fsp3) is 0.467. The number of nitrogens with one attached hydrogen (secondary N) is 1. The highest BCUT2D eigenvalue weighted by Crippen LogP contribution is 2.39. The second kappa shape index (κ2) is 6.14. The Hall–Kier alpha value is -1.07. The van der Waals surface area contributed by atoms with Crippen molar-refractivity contribution < 1.29 is 4.79 Å². The van der Waals surface area contributed by atoms with Crippen molar-refractivity contribution in [2.75, 3.05) is 5.75 Å².